The van der Waals surface area contributed by atoms with Gasteiger partial charge in [0.05, 0.1) is 17.3 Å². The fourth-order valence-electron chi connectivity index (χ4n) is 4.01. The van der Waals surface area contributed by atoms with Crippen molar-refractivity contribution < 1.29 is 13.7 Å². The number of aryl methyl sites for hydroxylation is 1. The highest BCUT2D eigenvalue weighted by molar-refractivity contribution is 6.30. The van der Waals surface area contributed by atoms with Crippen molar-refractivity contribution >= 4 is 28.9 Å². The van der Waals surface area contributed by atoms with Gasteiger partial charge in [-0.15, -0.1) is 0 Å². The van der Waals surface area contributed by atoms with Gasteiger partial charge in [-0.1, -0.05) is 46.6 Å². The number of rotatable bonds is 4. The molecule has 2 amide bonds. The van der Waals surface area contributed by atoms with Crippen LogP contribution in [-0.4, -0.2) is 16.2 Å². The molecule has 0 saturated heterocycles. The molecule has 5 rings (SSSR count). The highest BCUT2D eigenvalue weighted by atomic mass is 35.5. The second kappa shape index (κ2) is 8.76. The van der Waals surface area contributed by atoms with Gasteiger partial charge in [-0.05, 0) is 67.9 Å². The molecule has 1 aliphatic heterocycles. The Kier molecular flexibility index (Phi) is 5.63. The minimum Gasteiger partial charge on any atom is -0.334 e. The SMILES string of the molecule is CC1=C(c2nc(-c3ccc(Cl)cc3)no2)C(c2cccc(F)c2)NC(=O)N1c1ccc(C)cc1. The quantitative estimate of drug-likeness (QED) is 0.364. The summed E-state index contributed by atoms with van der Waals surface area (Å²) in [6, 6.07) is 19.7. The molecular weight excluding hydrogens is 455 g/mol. The molecule has 0 bridgehead atoms. The lowest BCUT2D eigenvalue weighted by atomic mass is 9.94. The summed E-state index contributed by atoms with van der Waals surface area (Å²) in [5, 5.41) is 7.71. The van der Waals surface area contributed by atoms with Crippen molar-refractivity contribution in [3.05, 3.63) is 106 Å². The summed E-state index contributed by atoms with van der Waals surface area (Å²) in [7, 11) is 0. The van der Waals surface area contributed by atoms with Crippen molar-refractivity contribution in [2.24, 2.45) is 0 Å². The number of amides is 2. The summed E-state index contributed by atoms with van der Waals surface area (Å²) in [5.74, 6) is 0.203. The van der Waals surface area contributed by atoms with Crippen LogP contribution in [0.3, 0.4) is 0 Å². The molecule has 34 heavy (non-hydrogen) atoms. The molecule has 1 aliphatic rings. The lowest BCUT2D eigenvalue weighted by Crippen LogP contribution is -2.46. The van der Waals surface area contributed by atoms with Crippen LogP contribution in [0.1, 0.15) is 30.0 Å². The summed E-state index contributed by atoms with van der Waals surface area (Å²) in [6.07, 6.45) is 0. The maximum absolute atomic E-state index is 14.1. The molecule has 0 aliphatic carbocycles. The number of allylic oxidation sites excluding steroid dienone is 1. The molecule has 1 unspecified atom stereocenters. The Hall–Kier alpha value is -3.97. The zero-order chi connectivity index (χ0) is 23.8. The maximum atomic E-state index is 14.1. The van der Waals surface area contributed by atoms with Crippen LogP contribution in [0.5, 0.6) is 0 Å². The van der Waals surface area contributed by atoms with Crippen LogP contribution >= 0.6 is 11.6 Å². The summed E-state index contributed by atoms with van der Waals surface area (Å²) < 4.78 is 19.7. The number of halogens is 2. The van der Waals surface area contributed by atoms with E-state index in [4.69, 9.17) is 16.1 Å². The molecule has 0 saturated carbocycles. The predicted octanol–water partition coefficient (Wildman–Crippen LogP) is 6.54. The number of nitrogens with one attached hydrogen (secondary N) is 1. The van der Waals surface area contributed by atoms with Crippen molar-refractivity contribution in [3.8, 4) is 11.4 Å². The van der Waals surface area contributed by atoms with Crippen molar-refractivity contribution in [2.75, 3.05) is 4.90 Å². The van der Waals surface area contributed by atoms with Gasteiger partial charge in [-0.25, -0.2) is 9.18 Å². The van der Waals surface area contributed by atoms with Crippen molar-refractivity contribution in [1.29, 1.82) is 0 Å². The Morgan fingerprint density at radius 3 is 2.47 bits per heavy atom. The van der Waals surface area contributed by atoms with E-state index in [1.165, 1.54) is 12.1 Å². The average molecular weight is 475 g/mol. The lowest BCUT2D eigenvalue weighted by Gasteiger charge is -2.35. The number of urea groups is 1. The van der Waals surface area contributed by atoms with Crippen LogP contribution in [0.2, 0.25) is 5.02 Å². The highest BCUT2D eigenvalue weighted by Crippen LogP contribution is 2.39. The van der Waals surface area contributed by atoms with Gasteiger partial charge in [0, 0.05) is 16.3 Å². The molecule has 170 valence electrons. The molecule has 0 radical (unpaired) electrons. The van der Waals surface area contributed by atoms with Gasteiger partial charge in [0.2, 0.25) is 5.82 Å². The molecule has 1 N–H and O–H groups in total. The zero-order valence-corrected chi connectivity index (χ0v) is 19.2. The molecule has 4 aromatic rings. The van der Waals surface area contributed by atoms with E-state index in [1.54, 1.807) is 41.3 Å². The van der Waals surface area contributed by atoms with Crippen LogP contribution in [0.4, 0.5) is 14.9 Å². The van der Waals surface area contributed by atoms with Crippen LogP contribution in [-0.2, 0) is 0 Å². The van der Waals surface area contributed by atoms with Gasteiger partial charge >= 0.3 is 6.03 Å². The molecule has 3 aromatic carbocycles. The van der Waals surface area contributed by atoms with E-state index >= 15 is 0 Å². The minimum absolute atomic E-state index is 0.230. The van der Waals surface area contributed by atoms with Gasteiger partial charge < -0.3 is 9.84 Å². The third-order valence-corrected chi connectivity index (χ3v) is 5.97. The number of hydrogen-bond acceptors (Lipinski definition) is 4. The second-order valence-corrected chi connectivity index (χ2v) is 8.47. The molecule has 0 spiro atoms. The van der Waals surface area contributed by atoms with E-state index < -0.39 is 11.9 Å². The topological polar surface area (TPSA) is 71.3 Å². The van der Waals surface area contributed by atoms with Crippen LogP contribution in [0, 0.1) is 12.7 Å². The van der Waals surface area contributed by atoms with Gasteiger partial charge in [0.15, 0.2) is 0 Å². The van der Waals surface area contributed by atoms with Crippen molar-refractivity contribution in [2.45, 2.75) is 19.9 Å². The molecule has 2 heterocycles. The fraction of sp³-hybridized carbons (Fsp3) is 0.115. The van der Waals surface area contributed by atoms with E-state index in [-0.39, 0.29) is 11.9 Å². The fourth-order valence-corrected chi connectivity index (χ4v) is 4.14. The van der Waals surface area contributed by atoms with E-state index in [0.29, 0.717) is 33.4 Å². The molecule has 6 nitrogen and oxygen atoms in total. The van der Waals surface area contributed by atoms with E-state index in [2.05, 4.69) is 15.5 Å². The first-order valence-corrected chi connectivity index (χ1v) is 11.0. The second-order valence-electron chi connectivity index (χ2n) is 8.04. The summed E-state index contributed by atoms with van der Waals surface area (Å²) >= 11 is 5.99. The molecular formula is C26H20ClFN4O2. The van der Waals surface area contributed by atoms with Crippen molar-refractivity contribution in [3.63, 3.8) is 0 Å². The molecule has 1 atom stereocenters. The smallest absolute Gasteiger partial charge is 0.326 e. The average Bonchev–Trinajstić information content (AvgIpc) is 3.30. The summed E-state index contributed by atoms with van der Waals surface area (Å²) in [5.41, 5.74) is 4.25. The standard InChI is InChI=1S/C26H20ClFN4O2/c1-15-6-12-21(13-7-15)32-16(2)22(23(29-26(32)33)18-4-3-5-20(28)14-18)25-30-24(31-34-25)17-8-10-19(27)11-9-17/h3-14,23H,1-2H3,(H,29,33). The van der Waals surface area contributed by atoms with E-state index in [0.717, 1.165) is 11.1 Å². The third kappa shape index (κ3) is 4.06. The molecule has 0 fully saturated rings. The Morgan fingerprint density at radius 2 is 1.76 bits per heavy atom. The number of carbonyl (C=O) groups excluding carboxylic acids is 1. The number of nitrogens with zero attached hydrogens (tertiary/aromatic N) is 3. The first kappa shape index (κ1) is 21.9. The van der Waals surface area contributed by atoms with Gasteiger partial charge in [-0.2, -0.15) is 4.98 Å². The van der Waals surface area contributed by atoms with Gasteiger partial charge in [0.25, 0.3) is 5.89 Å². The minimum atomic E-state index is -0.677. The zero-order valence-electron chi connectivity index (χ0n) is 18.4. The van der Waals surface area contributed by atoms with E-state index in [1.807, 2.05) is 38.1 Å². The number of benzene rings is 3. The first-order valence-electron chi connectivity index (χ1n) is 10.6. The lowest BCUT2D eigenvalue weighted by molar-refractivity contribution is 0.244. The predicted molar refractivity (Wildman–Crippen MR) is 129 cm³/mol. The molecule has 1 aromatic heterocycles. The van der Waals surface area contributed by atoms with E-state index in [9.17, 15) is 9.18 Å². The Labute approximate surface area is 200 Å². The summed E-state index contributed by atoms with van der Waals surface area (Å²) in [4.78, 5) is 19.4. The first-order chi connectivity index (χ1) is 16.4. The largest absolute Gasteiger partial charge is 0.334 e. The number of carbonyl (C=O) groups is 1. The summed E-state index contributed by atoms with van der Waals surface area (Å²) in [6.45, 7) is 3.79. The van der Waals surface area contributed by atoms with Gasteiger partial charge in [-0.3, -0.25) is 4.90 Å². The highest BCUT2D eigenvalue weighted by Gasteiger charge is 2.36. The monoisotopic (exact) mass is 474 g/mol. The van der Waals surface area contributed by atoms with Crippen LogP contribution in [0.25, 0.3) is 17.0 Å². The number of aromatic nitrogens is 2. The Bertz CT molecular complexity index is 1400. The van der Waals surface area contributed by atoms with Crippen LogP contribution < -0.4 is 10.2 Å². The maximum Gasteiger partial charge on any atom is 0.326 e. The number of hydrogen-bond donors (Lipinski definition) is 1. The third-order valence-electron chi connectivity index (χ3n) is 5.72. The Balaban J connectivity index is 1.65. The normalized spacial score (nSPS) is 16.1. The van der Waals surface area contributed by atoms with Crippen molar-refractivity contribution in [1.82, 2.24) is 15.5 Å². The van der Waals surface area contributed by atoms with Crippen LogP contribution in [0.15, 0.2) is 83.0 Å². The number of anilines is 1. The molecule has 8 heteroatoms. The Morgan fingerprint density at radius 1 is 1.03 bits per heavy atom. The van der Waals surface area contributed by atoms with Gasteiger partial charge in [0.1, 0.15) is 5.82 Å².